The number of amides is 1. The quantitative estimate of drug-likeness (QED) is 0.634. The van der Waals surface area contributed by atoms with E-state index in [4.69, 9.17) is 5.73 Å². The van der Waals surface area contributed by atoms with Gasteiger partial charge >= 0.3 is 0 Å². The molecule has 0 atom stereocenters. The van der Waals surface area contributed by atoms with E-state index in [9.17, 15) is 4.79 Å². The van der Waals surface area contributed by atoms with Crippen LogP contribution in [0.4, 0.5) is 0 Å². The fourth-order valence-electron chi connectivity index (χ4n) is 0.174. The van der Waals surface area contributed by atoms with Crippen molar-refractivity contribution >= 4 is 5.91 Å². The predicted octanol–water partition coefficient (Wildman–Crippen LogP) is 1.93. The first-order valence-corrected chi connectivity index (χ1v) is 3.80. The molecule has 0 aromatic carbocycles. The normalized spacial score (nSPS) is 9.70. The van der Waals surface area contributed by atoms with Crippen LogP contribution in [0.1, 0.15) is 41.0 Å². The van der Waals surface area contributed by atoms with E-state index in [1.807, 2.05) is 34.6 Å². The highest BCUT2D eigenvalue weighted by Crippen LogP contribution is 2.17. The molecular weight excluding hydrogens is 126 g/mol. The van der Waals surface area contributed by atoms with Gasteiger partial charge in [-0.05, 0) is 6.42 Å². The molecule has 0 rings (SSSR count). The van der Waals surface area contributed by atoms with Crippen molar-refractivity contribution in [2.45, 2.75) is 41.0 Å². The Balaban J connectivity index is 0. The van der Waals surface area contributed by atoms with E-state index in [2.05, 4.69) is 0 Å². The molecule has 0 fully saturated rings. The molecule has 0 saturated carbocycles. The van der Waals surface area contributed by atoms with Crippen LogP contribution < -0.4 is 5.73 Å². The largest absolute Gasteiger partial charge is 0.369 e. The molecule has 0 aliphatic rings. The van der Waals surface area contributed by atoms with Gasteiger partial charge in [-0.2, -0.15) is 0 Å². The van der Waals surface area contributed by atoms with Gasteiger partial charge in [-0.15, -0.1) is 0 Å². The lowest BCUT2D eigenvalue weighted by Crippen LogP contribution is -2.30. The van der Waals surface area contributed by atoms with Gasteiger partial charge in [0.1, 0.15) is 0 Å². The van der Waals surface area contributed by atoms with E-state index in [1.165, 1.54) is 0 Å². The SMILES string of the molecule is CC.CCC(C)(C)C(N)=O. The maximum absolute atomic E-state index is 10.5. The van der Waals surface area contributed by atoms with Gasteiger partial charge in [-0.25, -0.2) is 0 Å². The number of hydrogen-bond acceptors (Lipinski definition) is 1. The first kappa shape index (κ1) is 12.2. The van der Waals surface area contributed by atoms with Crippen molar-refractivity contribution in [1.29, 1.82) is 0 Å². The summed E-state index contributed by atoms with van der Waals surface area (Å²) < 4.78 is 0. The topological polar surface area (TPSA) is 43.1 Å². The number of carbonyl (C=O) groups excluding carboxylic acids is 1. The summed E-state index contributed by atoms with van der Waals surface area (Å²) in [6, 6.07) is 0. The highest BCUT2D eigenvalue weighted by Gasteiger charge is 2.21. The second-order valence-electron chi connectivity index (χ2n) is 2.60. The molecule has 0 aliphatic heterocycles. The van der Waals surface area contributed by atoms with Gasteiger partial charge in [0.2, 0.25) is 5.91 Å². The van der Waals surface area contributed by atoms with Gasteiger partial charge in [-0.3, -0.25) is 4.79 Å². The Labute approximate surface area is 63.8 Å². The Kier molecular flexibility index (Phi) is 6.42. The van der Waals surface area contributed by atoms with E-state index < -0.39 is 0 Å². The Morgan fingerprint density at radius 3 is 1.70 bits per heavy atom. The van der Waals surface area contributed by atoms with Crippen molar-refractivity contribution in [3.63, 3.8) is 0 Å². The first-order chi connectivity index (χ1) is 4.50. The Morgan fingerprint density at radius 2 is 1.70 bits per heavy atom. The number of hydrogen-bond donors (Lipinski definition) is 1. The molecule has 0 saturated heterocycles. The third kappa shape index (κ3) is 4.36. The molecule has 0 unspecified atom stereocenters. The van der Waals surface area contributed by atoms with E-state index in [0.717, 1.165) is 6.42 Å². The Morgan fingerprint density at radius 1 is 1.40 bits per heavy atom. The van der Waals surface area contributed by atoms with Crippen molar-refractivity contribution < 1.29 is 4.79 Å². The van der Waals surface area contributed by atoms with Gasteiger partial charge in [0, 0.05) is 5.41 Å². The molecule has 2 N–H and O–H groups in total. The minimum absolute atomic E-state index is 0.222. The molecule has 10 heavy (non-hydrogen) atoms. The van der Waals surface area contributed by atoms with Gasteiger partial charge in [0.15, 0.2) is 0 Å². The molecule has 0 heterocycles. The van der Waals surface area contributed by atoms with Crippen molar-refractivity contribution in [1.82, 2.24) is 0 Å². The lowest BCUT2D eigenvalue weighted by molar-refractivity contribution is -0.126. The van der Waals surface area contributed by atoms with Crippen LogP contribution in [0.5, 0.6) is 0 Å². The van der Waals surface area contributed by atoms with Crippen LogP contribution in [0.15, 0.2) is 0 Å². The van der Waals surface area contributed by atoms with E-state index in [1.54, 1.807) is 0 Å². The van der Waals surface area contributed by atoms with Gasteiger partial charge in [-0.1, -0.05) is 34.6 Å². The van der Waals surface area contributed by atoms with Crippen LogP contribution in [-0.2, 0) is 4.79 Å². The summed E-state index contributed by atoms with van der Waals surface area (Å²) in [5, 5.41) is 0. The molecule has 0 aliphatic carbocycles. The molecule has 0 aromatic heterocycles. The fourth-order valence-corrected chi connectivity index (χ4v) is 0.174. The van der Waals surface area contributed by atoms with Gasteiger partial charge < -0.3 is 5.73 Å². The highest BCUT2D eigenvalue weighted by atomic mass is 16.1. The van der Waals surface area contributed by atoms with Crippen molar-refractivity contribution in [2.24, 2.45) is 11.1 Å². The zero-order valence-corrected chi connectivity index (χ0v) is 7.69. The second-order valence-corrected chi connectivity index (χ2v) is 2.60. The number of primary amides is 1. The van der Waals surface area contributed by atoms with E-state index in [0.29, 0.717) is 0 Å². The summed E-state index contributed by atoms with van der Waals surface area (Å²) in [6.45, 7) is 9.63. The number of nitrogens with two attached hydrogens (primary N) is 1. The smallest absolute Gasteiger partial charge is 0.223 e. The van der Waals surface area contributed by atoms with E-state index >= 15 is 0 Å². The van der Waals surface area contributed by atoms with Crippen LogP contribution in [0.3, 0.4) is 0 Å². The molecular formula is C8H19NO. The van der Waals surface area contributed by atoms with E-state index in [-0.39, 0.29) is 11.3 Å². The number of carbonyl (C=O) groups is 1. The molecule has 0 spiro atoms. The summed E-state index contributed by atoms with van der Waals surface area (Å²) in [4.78, 5) is 10.5. The molecule has 62 valence electrons. The van der Waals surface area contributed by atoms with Crippen LogP contribution in [0.2, 0.25) is 0 Å². The number of rotatable bonds is 2. The van der Waals surface area contributed by atoms with Gasteiger partial charge in [0.05, 0.1) is 0 Å². The molecule has 2 nitrogen and oxygen atoms in total. The third-order valence-electron chi connectivity index (χ3n) is 1.55. The zero-order chi connectivity index (χ0) is 8.78. The Hall–Kier alpha value is -0.530. The van der Waals surface area contributed by atoms with Crippen LogP contribution >= 0.6 is 0 Å². The summed E-state index contributed by atoms with van der Waals surface area (Å²) in [6.07, 6.45) is 0.808. The minimum atomic E-state index is -0.319. The third-order valence-corrected chi connectivity index (χ3v) is 1.55. The Bertz CT molecular complexity index is 97.4. The van der Waals surface area contributed by atoms with Crippen LogP contribution in [-0.4, -0.2) is 5.91 Å². The predicted molar refractivity (Wildman–Crippen MR) is 44.6 cm³/mol. The molecule has 0 radical (unpaired) electrons. The van der Waals surface area contributed by atoms with Crippen LogP contribution in [0.25, 0.3) is 0 Å². The standard InChI is InChI=1S/C6H13NO.C2H6/c1-4-6(2,3)5(7)8;1-2/h4H2,1-3H3,(H2,7,8);1-2H3. The minimum Gasteiger partial charge on any atom is -0.369 e. The maximum Gasteiger partial charge on any atom is 0.223 e. The van der Waals surface area contributed by atoms with Crippen LogP contribution in [0, 0.1) is 5.41 Å². The van der Waals surface area contributed by atoms with Crippen molar-refractivity contribution in [2.75, 3.05) is 0 Å². The second kappa shape index (κ2) is 5.27. The zero-order valence-electron chi connectivity index (χ0n) is 7.69. The summed E-state index contributed by atoms with van der Waals surface area (Å²) in [5.41, 5.74) is 4.72. The molecule has 2 heteroatoms. The summed E-state index contributed by atoms with van der Waals surface area (Å²) in [7, 11) is 0. The lowest BCUT2D eigenvalue weighted by Gasteiger charge is -2.16. The maximum atomic E-state index is 10.5. The average molecular weight is 145 g/mol. The lowest BCUT2D eigenvalue weighted by atomic mass is 9.90. The highest BCUT2D eigenvalue weighted by molar-refractivity contribution is 5.79. The summed E-state index contributed by atoms with van der Waals surface area (Å²) >= 11 is 0. The fraction of sp³-hybridized carbons (Fsp3) is 0.875. The first-order valence-electron chi connectivity index (χ1n) is 3.80. The summed E-state index contributed by atoms with van der Waals surface area (Å²) in [5.74, 6) is -0.222. The molecule has 0 bridgehead atoms. The molecule has 0 aromatic rings. The average Bonchev–Trinajstić information content (AvgIpc) is 1.92. The van der Waals surface area contributed by atoms with Crippen molar-refractivity contribution in [3.8, 4) is 0 Å². The van der Waals surface area contributed by atoms with Crippen molar-refractivity contribution in [3.05, 3.63) is 0 Å². The monoisotopic (exact) mass is 145 g/mol. The van der Waals surface area contributed by atoms with Gasteiger partial charge in [0.25, 0.3) is 0 Å². The molecule has 1 amide bonds.